The van der Waals surface area contributed by atoms with Crippen molar-refractivity contribution >= 4 is 18.3 Å². The van der Waals surface area contributed by atoms with E-state index in [1.165, 1.54) is 38.5 Å². The van der Waals surface area contributed by atoms with Gasteiger partial charge in [-0.1, -0.05) is 32.1 Å². The lowest BCUT2D eigenvalue weighted by Crippen LogP contribution is -2.50. The summed E-state index contributed by atoms with van der Waals surface area (Å²) in [5, 5.41) is 6.17. The minimum absolute atomic E-state index is 0. The number of halogens is 1. The van der Waals surface area contributed by atoms with Gasteiger partial charge in [0, 0.05) is 19.6 Å². The van der Waals surface area contributed by atoms with Gasteiger partial charge in [-0.05, 0) is 18.8 Å². The molecular weight excluding hydrogens is 236 g/mol. The van der Waals surface area contributed by atoms with Crippen molar-refractivity contribution in [1.29, 1.82) is 0 Å². The fraction of sp³-hybridized carbons (Fsp3) is 0.923. The molecule has 1 aliphatic carbocycles. The molecule has 0 spiro atoms. The number of hydrogen-bond acceptors (Lipinski definition) is 2. The van der Waals surface area contributed by atoms with Crippen LogP contribution in [-0.4, -0.2) is 25.5 Å². The van der Waals surface area contributed by atoms with Crippen molar-refractivity contribution < 1.29 is 4.79 Å². The first-order valence-corrected chi connectivity index (χ1v) is 6.84. The van der Waals surface area contributed by atoms with Gasteiger partial charge < -0.3 is 10.6 Å². The summed E-state index contributed by atoms with van der Waals surface area (Å²) >= 11 is 0. The van der Waals surface area contributed by atoms with Crippen LogP contribution in [0.4, 0.5) is 0 Å². The van der Waals surface area contributed by atoms with Gasteiger partial charge in [0.15, 0.2) is 0 Å². The normalized spacial score (nSPS) is 21.4. The molecule has 0 bridgehead atoms. The largest absolute Gasteiger partial charge is 0.356 e. The van der Waals surface area contributed by atoms with Crippen molar-refractivity contribution in [2.75, 3.05) is 19.6 Å². The first-order valence-electron chi connectivity index (χ1n) is 6.84. The van der Waals surface area contributed by atoms with E-state index in [1.807, 2.05) is 0 Å². The van der Waals surface area contributed by atoms with Crippen molar-refractivity contribution in [1.82, 2.24) is 10.6 Å². The van der Waals surface area contributed by atoms with Crippen LogP contribution in [0.2, 0.25) is 0 Å². The molecule has 4 heteroatoms. The summed E-state index contributed by atoms with van der Waals surface area (Å²) in [7, 11) is 0. The predicted octanol–water partition coefficient (Wildman–Crippen LogP) is 2.10. The maximum absolute atomic E-state index is 11.5. The molecule has 0 atom stereocenters. The van der Waals surface area contributed by atoms with Crippen LogP contribution in [0.1, 0.15) is 44.9 Å². The average molecular weight is 261 g/mol. The molecule has 0 aromatic carbocycles. The number of rotatable bonds is 5. The molecule has 1 heterocycles. The maximum atomic E-state index is 11.5. The lowest BCUT2D eigenvalue weighted by Gasteiger charge is -2.26. The molecule has 100 valence electrons. The maximum Gasteiger partial charge on any atom is 0.225 e. The van der Waals surface area contributed by atoms with Crippen LogP contribution in [0.25, 0.3) is 0 Å². The van der Waals surface area contributed by atoms with Crippen LogP contribution in [0.5, 0.6) is 0 Å². The van der Waals surface area contributed by atoms with Crippen LogP contribution in [0, 0.1) is 11.8 Å². The van der Waals surface area contributed by atoms with Crippen LogP contribution in [0.3, 0.4) is 0 Å². The molecule has 2 rings (SSSR count). The molecule has 0 unspecified atom stereocenters. The zero-order valence-corrected chi connectivity index (χ0v) is 11.4. The summed E-state index contributed by atoms with van der Waals surface area (Å²) < 4.78 is 0. The van der Waals surface area contributed by atoms with Gasteiger partial charge in [0.1, 0.15) is 0 Å². The third kappa shape index (κ3) is 4.84. The molecule has 0 aromatic heterocycles. The SMILES string of the molecule is Cl.O=C(NCCCC1CCCCC1)C1CNC1. The Morgan fingerprint density at radius 2 is 1.88 bits per heavy atom. The lowest BCUT2D eigenvalue weighted by atomic mass is 9.86. The Hall–Kier alpha value is -0.280. The van der Waals surface area contributed by atoms with E-state index in [1.54, 1.807) is 0 Å². The van der Waals surface area contributed by atoms with Gasteiger partial charge in [-0.15, -0.1) is 12.4 Å². The molecule has 2 aliphatic rings. The predicted molar refractivity (Wildman–Crippen MR) is 72.4 cm³/mol. The zero-order chi connectivity index (χ0) is 11.2. The van der Waals surface area contributed by atoms with E-state index in [2.05, 4.69) is 10.6 Å². The first-order chi connectivity index (χ1) is 7.86. The van der Waals surface area contributed by atoms with E-state index in [0.717, 1.165) is 32.0 Å². The summed E-state index contributed by atoms with van der Waals surface area (Å²) in [5.74, 6) is 1.44. The summed E-state index contributed by atoms with van der Waals surface area (Å²) in [4.78, 5) is 11.5. The van der Waals surface area contributed by atoms with Crippen LogP contribution in [0.15, 0.2) is 0 Å². The average Bonchev–Trinajstić information content (AvgIpc) is 2.23. The van der Waals surface area contributed by atoms with E-state index in [-0.39, 0.29) is 24.2 Å². The third-order valence-electron chi connectivity index (χ3n) is 3.97. The van der Waals surface area contributed by atoms with E-state index in [4.69, 9.17) is 0 Å². The van der Waals surface area contributed by atoms with Crippen molar-refractivity contribution in [3.63, 3.8) is 0 Å². The van der Waals surface area contributed by atoms with Crippen molar-refractivity contribution in [2.24, 2.45) is 11.8 Å². The fourth-order valence-electron chi connectivity index (χ4n) is 2.70. The molecule has 0 aromatic rings. The first kappa shape index (κ1) is 14.8. The topological polar surface area (TPSA) is 41.1 Å². The quantitative estimate of drug-likeness (QED) is 0.744. The molecule has 1 aliphatic heterocycles. The fourth-order valence-corrected chi connectivity index (χ4v) is 2.70. The Balaban J connectivity index is 0.00000144. The highest BCUT2D eigenvalue weighted by Gasteiger charge is 2.24. The second kappa shape index (κ2) is 7.93. The minimum Gasteiger partial charge on any atom is -0.356 e. The second-order valence-corrected chi connectivity index (χ2v) is 5.29. The van der Waals surface area contributed by atoms with Gasteiger partial charge >= 0.3 is 0 Å². The Morgan fingerprint density at radius 1 is 1.18 bits per heavy atom. The Kier molecular flexibility index (Phi) is 6.90. The van der Waals surface area contributed by atoms with Crippen molar-refractivity contribution in [2.45, 2.75) is 44.9 Å². The molecule has 3 nitrogen and oxygen atoms in total. The van der Waals surface area contributed by atoms with E-state index < -0.39 is 0 Å². The number of carbonyl (C=O) groups excluding carboxylic acids is 1. The molecule has 0 radical (unpaired) electrons. The summed E-state index contributed by atoms with van der Waals surface area (Å²) in [5.41, 5.74) is 0. The van der Waals surface area contributed by atoms with E-state index in [0.29, 0.717) is 0 Å². The van der Waals surface area contributed by atoms with Gasteiger partial charge in [0.05, 0.1) is 5.92 Å². The molecule has 1 saturated carbocycles. The van der Waals surface area contributed by atoms with Gasteiger partial charge in [-0.2, -0.15) is 0 Å². The van der Waals surface area contributed by atoms with Gasteiger partial charge in [-0.3, -0.25) is 4.79 Å². The van der Waals surface area contributed by atoms with Crippen LogP contribution >= 0.6 is 12.4 Å². The van der Waals surface area contributed by atoms with Gasteiger partial charge in [0.2, 0.25) is 5.91 Å². The summed E-state index contributed by atoms with van der Waals surface area (Å²) in [6.07, 6.45) is 9.58. The minimum atomic E-state index is 0. The molecule has 2 fully saturated rings. The molecule has 17 heavy (non-hydrogen) atoms. The highest BCUT2D eigenvalue weighted by molar-refractivity contribution is 5.85. The molecular formula is C13H25ClN2O. The lowest BCUT2D eigenvalue weighted by molar-refractivity contribution is -0.126. The highest BCUT2D eigenvalue weighted by Crippen LogP contribution is 2.26. The molecule has 2 N–H and O–H groups in total. The molecule has 1 amide bonds. The number of carbonyl (C=O) groups is 1. The third-order valence-corrected chi connectivity index (χ3v) is 3.97. The van der Waals surface area contributed by atoms with Gasteiger partial charge in [0.25, 0.3) is 0 Å². The zero-order valence-electron chi connectivity index (χ0n) is 10.5. The monoisotopic (exact) mass is 260 g/mol. The van der Waals surface area contributed by atoms with E-state index >= 15 is 0 Å². The van der Waals surface area contributed by atoms with Crippen LogP contribution < -0.4 is 10.6 Å². The number of hydrogen-bond donors (Lipinski definition) is 2. The van der Waals surface area contributed by atoms with E-state index in [9.17, 15) is 4.79 Å². The van der Waals surface area contributed by atoms with Crippen molar-refractivity contribution in [3.8, 4) is 0 Å². The smallest absolute Gasteiger partial charge is 0.225 e. The summed E-state index contributed by atoms with van der Waals surface area (Å²) in [6.45, 7) is 2.62. The highest BCUT2D eigenvalue weighted by atomic mass is 35.5. The standard InChI is InChI=1S/C13H24N2O.ClH/c16-13(12-9-14-10-12)15-8-4-7-11-5-2-1-3-6-11;/h11-12,14H,1-10H2,(H,15,16);1H. The second-order valence-electron chi connectivity index (χ2n) is 5.29. The van der Waals surface area contributed by atoms with Crippen LogP contribution in [-0.2, 0) is 4.79 Å². The Bertz CT molecular complexity index is 225. The Labute approximate surface area is 111 Å². The van der Waals surface area contributed by atoms with Gasteiger partial charge in [-0.25, -0.2) is 0 Å². The van der Waals surface area contributed by atoms with Crippen molar-refractivity contribution in [3.05, 3.63) is 0 Å². The summed E-state index contributed by atoms with van der Waals surface area (Å²) in [6, 6.07) is 0. The Morgan fingerprint density at radius 3 is 2.47 bits per heavy atom. The number of nitrogens with one attached hydrogen (secondary N) is 2. The number of amides is 1. The molecule has 1 saturated heterocycles.